The molecule has 3 aromatic rings. The van der Waals surface area contributed by atoms with Crippen molar-refractivity contribution in [1.82, 2.24) is 4.98 Å². The molecular formula is C18H17FN2OS. The SMILES string of the molecule is CC(C)c1ccc2nc(NC(=O)Cc3ccc(F)cc3)sc2c1. The molecule has 118 valence electrons. The number of nitrogens with zero attached hydrogens (tertiary/aromatic N) is 1. The maximum atomic E-state index is 12.9. The molecule has 3 nitrogen and oxygen atoms in total. The van der Waals surface area contributed by atoms with Crippen molar-refractivity contribution < 1.29 is 9.18 Å². The van der Waals surface area contributed by atoms with Gasteiger partial charge in [-0.3, -0.25) is 4.79 Å². The van der Waals surface area contributed by atoms with E-state index in [9.17, 15) is 9.18 Å². The van der Waals surface area contributed by atoms with E-state index in [4.69, 9.17) is 0 Å². The van der Waals surface area contributed by atoms with Crippen LogP contribution >= 0.6 is 11.3 Å². The van der Waals surface area contributed by atoms with E-state index in [1.165, 1.54) is 29.0 Å². The maximum Gasteiger partial charge on any atom is 0.230 e. The first kappa shape index (κ1) is 15.6. The summed E-state index contributed by atoms with van der Waals surface area (Å²) in [5, 5.41) is 3.41. The van der Waals surface area contributed by atoms with Gasteiger partial charge in [-0.2, -0.15) is 0 Å². The Bertz CT molecular complexity index is 840. The standard InChI is InChI=1S/C18H17FN2OS/c1-11(2)13-5-8-15-16(10-13)23-18(20-15)21-17(22)9-12-3-6-14(19)7-4-12/h3-8,10-11H,9H2,1-2H3,(H,20,21,22). The molecule has 0 aliphatic rings. The Morgan fingerprint density at radius 2 is 1.96 bits per heavy atom. The number of anilines is 1. The van der Waals surface area contributed by atoms with E-state index in [0.29, 0.717) is 11.0 Å². The highest BCUT2D eigenvalue weighted by Crippen LogP contribution is 2.29. The molecule has 0 aliphatic heterocycles. The zero-order valence-electron chi connectivity index (χ0n) is 13.0. The Morgan fingerprint density at radius 1 is 1.22 bits per heavy atom. The van der Waals surface area contributed by atoms with E-state index in [0.717, 1.165) is 15.8 Å². The van der Waals surface area contributed by atoms with E-state index in [1.54, 1.807) is 12.1 Å². The van der Waals surface area contributed by atoms with E-state index < -0.39 is 0 Å². The first-order valence-corrected chi connectivity index (χ1v) is 8.27. The fourth-order valence-electron chi connectivity index (χ4n) is 2.30. The van der Waals surface area contributed by atoms with Crippen LogP contribution in [0.3, 0.4) is 0 Å². The van der Waals surface area contributed by atoms with Crippen molar-refractivity contribution >= 4 is 32.6 Å². The average Bonchev–Trinajstić information content (AvgIpc) is 2.90. The summed E-state index contributed by atoms with van der Waals surface area (Å²) in [7, 11) is 0. The summed E-state index contributed by atoms with van der Waals surface area (Å²) < 4.78 is 13.9. The number of carbonyl (C=O) groups is 1. The highest BCUT2D eigenvalue weighted by Gasteiger charge is 2.10. The zero-order valence-corrected chi connectivity index (χ0v) is 13.8. The second kappa shape index (κ2) is 6.46. The van der Waals surface area contributed by atoms with Crippen molar-refractivity contribution in [1.29, 1.82) is 0 Å². The lowest BCUT2D eigenvalue weighted by Crippen LogP contribution is -2.14. The molecule has 0 spiro atoms. The molecule has 1 N–H and O–H groups in total. The third-order valence-electron chi connectivity index (χ3n) is 3.60. The quantitative estimate of drug-likeness (QED) is 0.751. The Hall–Kier alpha value is -2.27. The molecule has 1 aromatic heterocycles. The van der Waals surface area contributed by atoms with Crippen LogP contribution < -0.4 is 5.32 Å². The molecule has 0 aliphatic carbocycles. The number of thiazole rings is 1. The highest BCUT2D eigenvalue weighted by molar-refractivity contribution is 7.22. The maximum absolute atomic E-state index is 12.9. The molecular weight excluding hydrogens is 311 g/mol. The summed E-state index contributed by atoms with van der Waals surface area (Å²) in [6.07, 6.45) is 0.202. The number of halogens is 1. The van der Waals surface area contributed by atoms with Crippen LogP contribution in [0.25, 0.3) is 10.2 Å². The fraction of sp³-hybridized carbons (Fsp3) is 0.222. The Morgan fingerprint density at radius 3 is 2.65 bits per heavy atom. The topological polar surface area (TPSA) is 42.0 Å². The molecule has 1 amide bonds. The van der Waals surface area contributed by atoms with Crippen molar-refractivity contribution in [3.63, 3.8) is 0 Å². The predicted octanol–water partition coefficient (Wildman–Crippen LogP) is 4.74. The van der Waals surface area contributed by atoms with Gasteiger partial charge < -0.3 is 5.32 Å². The Labute approximate surface area is 138 Å². The molecule has 2 aromatic carbocycles. The van der Waals surface area contributed by atoms with Crippen molar-refractivity contribution in [3.8, 4) is 0 Å². The summed E-state index contributed by atoms with van der Waals surface area (Å²) in [5.74, 6) is -0.000877. The molecule has 0 saturated carbocycles. The largest absolute Gasteiger partial charge is 0.302 e. The smallest absolute Gasteiger partial charge is 0.230 e. The third-order valence-corrected chi connectivity index (χ3v) is 4.54. The van der Waals surface area contributed by atoms with Gasteiger partial charge in [-0.05, 0) is 41.3 Å². The summed E-state index contributed by atoms with van der Waals surface area (Å²) in [6, 6.07) is 12.1. The van der Waals surface area contributed by atoms with Gasteiger partial charge in [0.2, 0.25) is 5.91 Å². The fourth-order valence-corrected chi connectivity index (χ4v) is 3.24. The number of aromatic nitrogens is 1. The minimum absolute atomic E-state index is 0.153. The van der Waals surface area contributed by atoms with Crippen LogP contribution in [0.15, 0.2) is 42.5 Å². The van der Waals surface area contributed by atoms with Gasteiger partial charge in [-0.25, -0.2) is 9.37 Å². The number of nitrogens with one attached hydrogen (secondary N) is 1. The molecule has 0 fully saturated rings. The first-order chi connectivity index (χ1) is 11.0. The van der Waals surface area contributed by atoms with E-state index in [1.807, 2.05) is 6.07 Å². The number of carbonyl (C=O) groups excluding carboxylic acids is 1. The van der Waals surface area contributed by atoms with Gasteiger partial charge >= 0.3 is 0 Å². The average molecular weight is 328 g/mol. The lowest BCUT2D eigenvalue weighted by Gasteiger charge is -2.03. The summed E-state index contributed by atoms with van der Waals surface area (Å²) in [6.45, 7) is 4.29. The monoisotopic (exact) mass is 328 g/mol. The second-order valence-corrected chi connectivity index (χ2v) is 6.78. The number of hydrogen-bond donors (Lipinski definition) is 1. The minimum Gasteiger partial charge on any atom is -0.302 e. The molecule has 23 heavy (non-hydrogen) atoms. The number of amides is 1. The van der Waals surface area contributed by atoms with Gasteiger partial charge in [-0.1, -0.05) is 43.4 Å². The van der Waals surface area contributed by atoms with Crippen LogP contribution in [-0.2, 0) is 11.2 Å². The van der Waals surface area contributed by atoms with Gasteiger partial charge in [0, 0.05) is 0 Å². The predicted molar refractivity (Wildman–Crippen MR) is 92.4 cm³/mol. The van der Waals surface area contributed by atoms with E-state index in [-0.39, 0.29) is 18.1 Å². The number of hydrogen-bond acceptors (Lipinski definition) is 3. The number of rotatable bonds is 4. The van der Waals surface area contributed by atoms with Crippen LogP contribution in [0.5, 0.6) is 0 Å². The van der Waals surface area contributed by atoms with Crippen LogP contribution in [0, 0.1) is 5.82 Å². The van der Waals surface area contributed by atoms with E-state index >= 15 is 0 Å². The molecule has 0 unspecified atom stereocenters. The Kier molecular flexibility index (Phi) is 4.39. The zero-order chi connectivity index (χ0) is 16.4. The molecule has 0 atom stereocenters. The van der Waals surface area contributed by atoms with Crippen LogP contribution in [0.1, 0.15) is 30.9 Å². The lowest BCUT2D eigenvalue weighted by atomic mass is 10.0. The van der Waals surface area contributed by atoms with Crippen molar-refractivity contribution in [2.75, 3.05) is 5.32 Å². The molecule has 0 radical (unpaired) electrons. The molecule has 3 rings (SSSR count). The molecule has 0 saturated heterocycles. The summed E-state index contributed by atoms with van der Waals surface area (Å²) >= 11 is 1.47. The van der Waals surface area contributed by atoms with Crippen molar-refractivity contribution in [2.45, 2.75) is 26.2 Å². The Balaban J connectivity index is 1.73. The van der Waals surface area contributed by atoms with Gasteiger partial charge in [0.05, 0.1) is 16.6 Å². The highest BCUT2D eigenvalue weighted by atomic mass is 32.1. The number of benzene rings is 2. The molecule has 0 bridgehead atoms. The summed E-state index contributed by atoms with van der Waals surface area (Å²) in [5.41, 5.74) is 2.91. The van der Waals surface area contributed by atoms with Gasteiger partial charge in [-0.15, -0.1) is 0 Å². The minimum atomic E-state index is -0.304. The molecule has 5 heteroatoms. The van der Waals surface area contributed by atoms with Crippen LogP contribution in [0.2, 0.25) is 0 Å². The van der Waals surface area contributed by atoms with Crippen molar-refractivity contribution in [2.24, 2.45) is 0 Å². The lowest BCUT2D eigenvalue weighted by molar-refractivity contribution is -0.115. The van der Waals surface area contributed by atoms with Crippen LogP contribution in [-0.4, -0.2) is 10.9 Å². The van der Waals surface area contributed by atoms with Gasteiger partial charge in [0.15, 0.2) is 5.13 Å². The van der Waals surface area contributed by atoms with Gasteiger partial charge in [0.25, 0.3) is 0 Å². The second-order valence-electron chi connectivity index (χ2n) is 5.75. The summed E-state index contributed by atoms with van der Waals surface area (Å²) in [4.78, 5) is 16.5. The number of fused-ring (bicyclic) bond motifs is 1. The van der Waals surface area contributed by atoms with Crippen LogP contribution in [0.4, 0.5) is 9.52 Å². The van der Waals surface area contributed by atoms with Gasteiger partial charge in [0.1, 0.15) is 5.82 Å². The van der Waals surface area contributed by atoms with Crippen molar-refractivity contribution in [3.05, 3.63) is 59.4 Å². The molecule has 1 heterocycles. The van der Waals surface area contributed by atoms with E-state index in [2.05, 4.69) is 36.3 Å². The third kappa shape index (κ3) is 3.74. The first-order valence-electron chi connectivity index (χ1n) is 7.46. The normalized spacial score (nSPS) is 11.1.